The first-order valence-electron chi connectivity index (χ1n) is 9.31. The first-order chi connectivity index (χ1) is 13.3. The third-order valence-electron chi connectivity index (χ3n) is 4.97. The van der Waals surface area contributed by atoms with Crippen LogP contribution in [0.1, 0.15) is 48.8 Å². The zero-order valence-corrected chi connectivity index (χ0v) is 17.0. The Morgan fingerprint density at radius 2 is 1.46 bits per heavy atom. The van der Waals surface area contributed by atoms with Crippen LogP contribution in [0.25, 0.3) is 5.69 Å². The second kappa shape index (κ2) is 7.85. The van der Waals surface area contributed by atoms with Gasteiger partial charge >= 0.3 is 5.97 Å². The molecule has 0 fully saturated rings. The van der Waals surface area contributed by atoms with Gasteiger partial charge in [0, 0.05) is 22.6 Å². The van der Waals surface area contributed by atoms with Crippen molar-refractivity contribution in [3.05, 3.63) is 87.7 Å². The number of carbonyl (C=O) groups is 2. The molecule has 0 radical (unpaired) electrons. The van der Waals surface area contributed by atoms with Crippen LogP contribution in [0.3, 0.4) is 0 Å². The van der Waals surface area contributed by atoms with Gasteiger partial charge < -0.3 is 9.30 Å². The molecule has 0 aliphatic carbocycles. The average molecular weight is 375 g/mol. The molecule has 0 amide bonds. The van der Waals surface area contributed by atoms with E-state index in [2.05, 4.69) is 0 Å². The summed E-state index contributed by atoms with van der Waals surface area (Å²) < 4.78 is 7.36. The van der Waals surface area contributed by atoms with E-state index in [1.807, 2.05) is 81.7 Å². The summed E-state index contributed by atoms with van der Waals surface area (Å²) in [5, 5.41) is 0. The number of nitrogens with zero attached hydrogens (tertiary/aromatic N) is 1. The van der Waals surface area contributed by atoms with Crippen LogP contribution < -0.4 is 0 Å². The normalized spacial score (nSPS) is 10.8. The van der Waals surface area contributed by atoms with Crippen molar-refractivity contribution in [1.29, 1.82) is 0 Å². The standard InChI is InChI=1S/C24H25NO3/c1-15-7-10-20(11-8-15)25-18(4)13-22(19(25)5)24(27)28-14-23(26)21-12-16(2)6-9-17(21)3/h6-13H,14H2,1-5H3. The maximum atomic E-state index is 12.6. The minimum atomic E-state index is -0.481. The fourth-order valence-electron chi connectivity index (χ4n) is 3.38. The lowest BCUT2D eigenvalue weighted by molar-refractivity contribution is 0.0474. The highest BCUT2D eigenvalue weighted by Gasteiger charge is 2.19. The highest BCUT2D eigenvalue weighted by atomic mass is 16.5. The number of hydrogen-bond acceptors (Lipinski definition) is 3. The number of aryl methyl sites for hydroxylation is 4. The smallest absolute Gasteiger partial charge is 0.340 e. The molecular weight excluding hydrogens is 350 g/mol. The number of ether oxygens (including phenoxy) is 1. The number of rotatable bonds is 5. The van der Waals surface area contributed by atoms with Crippen LogP contribution in [0.15, 0.2) is 48.5 Å². The van der Waals surface area contributed by atoms with Gasteiger partial charge in [-0.05, 0) is 64.4 Å². The summed E-state index contributed by atoms with van der Waals surface area (Å²) in [6, 6.07) is 15.6. The third kappa shape index (κ3) is 3.91. The van der Waals surface area contributed by atoms with Crippen molar-refractivity contribution < 1.29 is 14.3 Å². The highest BCUT2D eigenvalue weighted by Crippen LogP contribution is 2.22. The molecule has 2 aromatic carbocycles. The average Bonchev–Trinajstić information content (AvgIpc) is 2.96. The van der Waals surface area contributed by atoms with Crippen LogP contribution in [0.2, 0.25) is 0 Å². The van der Waals surface area contributed by atoms with Gasteiger partial charge in [0.25, 0.3) is 0 Å². The van der Waals surface area contributed by atoms with Crippen LogP contribution in [-0.4, -0.2) is 22.9 Å². The van der Waals surface area contributed by atoms with Crippen LogP contribution >= 0.6 is 0 Å². The zero-order chi connectivity index (χ0) is 20.4. The molecule has 0 unspecified atom stereocenters. The van der Waals surface area contributed by atoms with Crippen molar-refractivity contribution in [2.75, 3.05) is 6.61 Å². The van der Waals surface area contributed by atoms with E-state index in [0.29, 0.717) is 11.1 Å². The van der Waals surface area contributed by atoms with E-state index in [1.54, 1.807) is 6.07 Å². The van der Waals surface area contributed by atoms with Gasteiger partial charge in [0.1, 0.15) is 0 Å². The van der Waals surface area contributed by atoms with Crippen molar-refractivity contribution in [2.24, 2.45) is 0 Å². The molecule has 1 heterocycles. The number of hydrogen-bond donors (Lipinski definition) is 0. The Kier molecular flexibility index (Phi) is 5.50. The Hall–Kier alpha value is -3.14. The highest BCUT2D eigenvalue weighted by molar-refractivity contribution is 6.00. The van der Waals surface area contributed by atoms with Gasteiger partial charge in [-0.2, -0.15) is 0 Å². The van der Waals surface area contributed by atoms with Gasteiger partial charge in [0.2, 0.25) is 5.78 Å². The summed E-state index contributed by atoms with van der Waals surface area (Å²) >= 11 is 0. The van der Waals surface area contributed by atoms with E-state index < -0.39 is 5.97 Å². The quantitative estimate of drug-likeness (QED) is 0.463. The van der Waals surface area contributed by atoms with Gasteiger partial charge in [-0.25, -0.2) is 4.79 Å². The molecular formula is C24H25NO3. The number of Topliss-reactive ketones (excluding diaryl/α,β-unsaturated/α-hetero) is 1. The molecule has 0 saturated carbocycles. The number of benzene rings is 2. The molecule has 3 rings (SSSR count). The Morgan fingerprint density at radius 3 is 2.14 bits per heavy atom. The molecule has 0 bridgehead atoms. The predicted octanol–water partition coefficient (Wildman–Crippen LogP) is 5.06. The summed E-state index contributed by atoms with van der Waals surface area (Å²) in [7, 11) is 0. The Balaban J connectivity index is 1.78. The molecule has 144 valence electrons. The number of aromatic nitrogens is 1. The first kappa shape index (κ1) is 19.6. The molecule has 0 aliphatic rings. The minimum Gasteiger partial charge on any atom is -0.454 e. The summed E-state index contributed by atoms with van der Waals surface area (Å²) in [5.41, 5.74) is 6.86. The second-order valence-corrected chi connectivity index (χ2v) is 7.27. The van der Waals surface area contributed by atoms with Gasteiger partial charge in [-0.3, -0.25) is 4.79 Å². The van der Waals surface area contributed by atoms with Crippen LogP contribution in [0, 0.1) is 34.6 Å². The summed E-state index contributed by atoms with van der Waals surface area (Å²) in [6.45, 7) is 9.42. The maximum absolute atomic E-state index is 12.6. The van der Waals surface area contributed by atoms with Crippen molar-refractivity contribution in [3.63, 3.8) is 0 Å². The summed E-state index contributed by atoms with van der Waals surface area (Å²) in [6.07, 6.45) is 0. The van der Waals surface area contributed by atoms with Gasteiger partial charge in [-0.1, -0.05) is 35.4 Å². The lowest BCUT2D eigenvalue weighted by atomic mass is 10.0. The first-order valence-corrected chi connectivity index (χ1v) is 9.31. The van der Waals surface area contributed by atoms with E-state index in [9.17, 15) is 9.59 Å². The number of esters is 1. The molecule has 0 spiro atoms. The molecule has 4 heteroatoms. The number of ketones is 1. The van der Waals surface area contributed by atoms with Gasteiger partial charge in [0.15, 0.2) is 6.61 Å². The molecule has 0 atom stereocenters. The van der Waals surface area contributed by atoms with Crippen LogP contribution in [-0.2, 0) is 4.74 Å². The van der Waals surface area contributed by atoms with E-state index in [-0.39, 0.29) is 12.4 Å². The molecule has 0 N–H and O–H groups in total. The number of carbonyl (C=O) groups excluding carboxylic acids is 2. The molecule has 3 aromatic rings. The van der Waals surface area contributed by atoms with Gasteiger partial charge in [-0.15, -0.1) is 0 Å². The van der Waals surface area contributed by atoms with Crippen molar-refractivity contribution in [1.82, 2.24) is 4.57 Å². The van der Waals surface area contributed by atoms with Gasteiger partial charge in [0.05, 0.1) is 5.56 Å². The van der Waals surface area contributed by atoms with Crippen molar-refractivity contribution in [2.45, 2.75) is 34.6 Å². The minimum absolute atomic E-state index is 0.193. The fraction of sp³-hybridized carbons (Fsp3) is 0.250. The molecule has 4 nitrogen and oxygen atoms in total. The largest absolute Gasteiger partial charge is 0.454 e. The topological polar surface area (TPSA) is 48.3 Å². The lowest BCUT2D eigenvalue weighted by Gasteiger charge is -2.10. The van der Waals surface area contributed by atoms with Crippen LogP contribution in [0.4, 0.5) is 0 Å². The Bertz CT molecular complexity index is 1040. The molecule has 1 aromatic heterocycles. The Morgan fingerprint density at radius 1 is 0.821 bits per heavy atom. The zero-order valence-electron chi connectivity index (χ0n) is 17.0. The van der Waals surface area contributed by atoms with Crippen molar-refractivity contribution in [3.8, 4) is 5.69 Å². The SMILES string of the molecule is Cc1ccc(-n2c(C)cc(C(=O)OCC(=O)c3cc(C)ccc3C)c2C)cc1. The Labute approximate surface area is 165 Å². The maximum Gasteiger partial charge on any atom is 0.340 e. The third-order valence-corrected chi connectivity index (χ3v) is 4.97. The molecule has 0 aliphatic heterocycles. The van der Waals surface area contributed by atoms with E-state index in [1.165, 1.54) is 5.56 Å². The van der Waals surface area contributed by atoms with E-state index in [4.69, 9.17) is 4.74 Å². The second-order valence-electron chi connectivity index (χ2n) is 7.27. The molecule has 28 heavy (non-hydrogen) atoms. The van der Waals surface area contributed by atoms with E-state index >= 15 is 0 Å². The van der Waals surface area contributed by atoms with Crippen molar-refractivity contribution >= 4 is 11.8 Å². The summed E-state index contributed by atoms with van der Waals surface area (Å²) in [4.78, 5) is 25.1. The lowest BCUT2D eigenvalue weighted by Crippen LogP contribution is -2.16. The molecule has 0 saturated heterocycles. The predicted molar refractivity (Wildman–Crippen MR) is 111 cm³/mol. The fourth-order valence-corrected chi connectivity index (χ4v) is 3.38. The van der Waals surface area contributed by atoms with E-state index in [0.717, 1.165) is 28.2 Å². The van der Waals surface area contributed by atoms with Crippen LogP contribution in [0.5, 0.6) is 0 Å². The monoisotopic (exact) mass is 375 g/mol. The summed E-state index contributed by atoms with van der Waals surface area (Å²) in [5.74, 6) is -0.674.